The number of nitrogens with zero attached hydrogens (tertiary/aromatic N) is 1. The molecule has 0 atom stereocenters. The van der Waals surface area contributed by atoms with E-state index in [1.165, 1.54) is 17.8 Å². The van der Waals surface area contributed by atoms with Gasteiger partial charge in [0.05, 0.1) is 6.61 Å². The van der Waals surface area contributed by atoms with Gasteiger partial charge in [-0.15, -0.1) is 11.3 Å². The standard InChI is InChI=1S/C17H18ClNO3S/c1-2-22-17(21)14-15(20)12-7-6-11(18)10-13(12)23-16(14)19-8-4-3-5-9-19/h6-7,10H,2-5,8-9H2,1H3. The van der Waals surface area contributed by atoms with E-state index in [0.717, 1.165) is 30.6 Å². The summed E-state index contributed by atoms with van der Waals surface area (Å²) in [6, 6.07) is 5.14. The molecule has 0 radical (unpaired) electrons. The maximum atomic E-state index is 12.9. The quantitative estimate of drug-likeness (QED) is 0.782. The molecule has 1 aliphatic heterocycles. The third-order valence-corrected chi connectivity index (χ3v) is 5.41. The molecule has 1 aromatic carbocycles. The van der Waals surface area contributed by atoms with Crippen LogP contribution in [0.2, 0.25) is 5.02 Å². The van der Waals surface area contributed by atoms with Crippen molar-refractivity contribution in [1.82, 2.24) is 0 Å². The van der Waals surface area contributed by atoms with Crippen LogP contribution in [0.3, 0.4) is 0 Å². The van der Waals surface area contributed by atoms with Gasteiger partial charge in [-0.1, -0.05) is 11.6 Å². The number of hydrogen-bond acceptors (Lipinski definition) is 5. The molecule has 0 N–H and O–H groups in total. The molecule has 1 aromatic heterocycles. The lowest BCUT2D eigenvalue weighted by Crippen LogP contribution is -2.32. The SMILES string of the molecule is CCOC(=O)c1c(N2CCCCC2)sc2cc(Cl)ccc2c1=O. The molecule has 0 saturated carbocycles. The molecular weight excluding hydrogens is 334 g/mol. The summed E-state index contributed by atoms with van der Waals surface area (Å²) in [5.41, 5.74) is -0.108. The van der Waals surface area contributed by atoms with Gasteiger partial charge in [-0.25, -0.2) is 4.79 Å². The third-order valence-electron chi connectivity index (χ3n) is 3.96. The van der Waals surface area contributed by atoms with E-state index in [4.69, 9.17) is 16.3 Å². The van der Waals surface area contributed by atoms with Crippen molar-refractivity contribution < 1.29 is 9.53 Å². The normalized spacial score (nSPS) is 15.0. The van der Waals surface area contributed by atoms with E-state index >= 15 is 0 Å². The Hall–Kier alpha value is -1.59. The molecule has 1 fully saturated rings. The molecule has 6 heteroatoms. The van der Waals surface area contributed by atoms with Crippen LogP contribution >= 0.6 is 22.9 Å². The summed E-state index contributed by atoms with van der Waals surface area (Å²) < 4.78 is 5.93. The number of fused-ring (bicyclic) bond motifs is 1. The summed E-state index contributed by atoms with van der Waals surface area (Å²) in [7, 11) is 0. The van der Waals surface area contributed by atoms with Crippen LogP contribution in [-0.2, 0) is 4.74 Å². The number of halogens is 1. The van der Waals surface area contributed by atoms with Crippen molar-refractivity contribution in [1.29, 1.82) is 0 Å². The van der Waals surface area contributed by atoms with E-state index in [1.807, 2.05) is 0 Å². The van der Waals surface area contributed by atoms with Gasteiger partial charge in [-0.2, -0.15) is 0 Å². The Morgan fingerprint density at radius 1 is 1.30 bits per heavy atom. The number of anilines is 1. The predicted octanol–water partition coefficient (Wildman–Crippen LogP) is 4.08. The third kappa shape index (κ3) is 3.21. The van der Waals surface area contributed by atoms with Crippen molar-refractivity contribution in [3.63, 3.8) is 0 Å². The summed E-state index contributed by atoms with van der Waals surface area (Å²) in [4.78, 5) is 27.4. The number of carbonyl (C=O) groups is 1. The second-order valence-electron chi connectivity index (χ2n) is 5.52. The second kappa shape index (κ2) is 6.89. The van der Waals surface area contributed by atoms with Gasteiger partial charge in [0.2, 0.25) is 5.43 Å². The van der Waals surface area contributed by atoms with Crippen molar-refractivity contribution in [2.24, 2.45) is 0 Å². The van der Waals surface area contributed by atoms with E-state index in [9.17, 15) is 9.59 Å². The summed E-state index contributed by atoms with van der Waals surface area (Å²) in [6.07, 6.45) is 3.31. The monoisotopic (exact) mass is 351 g/mol. The van der Waals surface area contributed by atoms with Gasteiger partial charge >= 0.3 is 5.97 Å². The number of carbonyl (C=O) groups excluding carboxylic acids is 1. The fourth-order valence-corrected chi connectivity index (χ4v) is 4.35. The Morgan fingerprint density at radius 3 is 2.74 bits per heavy atom. The van der Waals surface area contributed by atoms with Crippen molar-refractivity contribution in [3.05, 3.63) is 39.0 Å². The highest BCUT2D eigenvalue weighted by atomic mass is 35.5. The van der Waals surface area contributed by atoms with E-state index in [-0.39, 0.29) is 17.6 Å². The van der Waals surface area contributed by atoms with Crippen LogP contribution < -0.4 is 10.3 Å². The van der Waals surface area contributed by atoms with Crippen molar-refractivity contribution in [2.75, 3.05) is 24.6 Å². The van der Waals surface area contributed by atoms with Gasteiger partial charge in [-0.3, -0.25) is 4.79 Å². The first-order valence-electron chi connectivity index (χ1n) is 7.80. The van der Waals surface area contributed by atoms with E-state index in [2.05, 4.69) is 4.90 Å². The van der Waals surface area contributed by atoms with Crippen molar-refractivity contribution in [3.8, 4) is 0 Å². The molecule has 2 heterocycles. The first-order valence-corrected chi connectivity index (χ1v) is 8.99. The molecule has 0 amide bonds. The van der Waals surface area contributed by atoms with Gasteiger partial charge in [0, 0.05) is 28.2 Å². The van der Waals surface area contributed by atoms with Crippen molar-refractivity contribution >= 4 is 44.0 Å². The maximum Gasteiger partial charge on any atom is 0.345 e. The number of esters is 1. The minimum Gasteiger partial charge on any atom is -0.462 e. The molecule has 0 spiro atoms. The Labute approximate surface area is 143 Å². The zero-order valence-electron chi connectivity index (χ0n) is 12.9. The van der Waals surface area contributed by atoms with E-state index in [0.29, 0.717) is 15.4 Å². The van der Waals surface area contributed by atoms with Crippen LogP contribution in [-0.4, -0.2) is 25.7 Å². The Morgan fingerprint density at radius 2 is 2.04 bits per heavy atom. The topological polar surface area (TPSA) is 46.6 Å². The molecular formula is C17H18ClNO3S. The van der Waals surface area contributed by atoms with Crippen LogP contribution in [0, 0.1) is 0 Å². The largest absolute Gasteiger partial charge is 0.462 e. The highest BCUT2D eigenvalue weighted by Crippen LogP contribution is 2.33. The zero-order chi connectivity index (χ0) is 16.4. The minimum absolute atomic E-state index is 0.161. The first kappa shape index (κ1) is 16.3. The van der Waals surface area contributed by atoms with E-state index < -0.39 is 5.97 Å². The molecule has 4 nitrogen and oxygen atoms in total. The molecule has 122 valence electrons. The molecule has 0 bridgehead atoms. The summed E-state index contributed by atoms with van der Waals surface area (Å²) >= 11 is 7.50. The fourth-order valence-electron chi connectivity index (χ4n) is 2.86. The number of piperidine rings is 1. The molecule has 3 rings (SSSR count). The Kier molecular flexibility index (Phi) is 4.87. The summed E-state index contributed by atoms with van der Waals surface area (Å²) in [5.74, 6) is -0.536. The lowest BCUT2D eigenvalue weighted by molar-refractivity contribution is 0.0526. The molecule has 1 aliphatic rings. The first-order chi connectivity index (χ1) is 11.1. The number of ether oxygens (including phenoxy) is 1. The molecule has 1 saturated heterocycles. The Bertz CT molecular complexity index is 796. The predicted molar refractivity (Wildman–Crippen MR) is 95.1 cm³/mol. The number of benzene rings is 1. The smallest absolute Gasteiger partial charge is 0.345 e. The van der Waals surface area contributed by atoms with Gasteiger partial charge in [0.1, 0.15) is 10.6 Å². The Balaban J connectivity index is 2.23. The van der Waals surface area contributed by atoms with Crippen LogP contribution in [0.15, 0.2) is 23.0 Å². The maximum absolute atomic E-state index is 12.9. The van der Waals surface area contributed by atoms with Crippen LogP contribution in [0.5, 0.6) is 0 Å². The average Bonchev–Trinajstić information content (AvgIpc) is 2.55. The molecule has 0 aliphatic carbocycles. The van der Waals surface area contributed by atoms with E-state index in [1.54, 1.807) is 25.1 Å². The second-order valence-corrected chi connectivity index (χ2v) is 6.99. The zero-order valence-corrected chi connectivity index (χ0v) is 14.5. The average molecular weight is 352 g/mol. The van der Waals surface area contributed by atoms with Gasteiger partial charge in [-0.05, 0) is 44.4 Å². The highest BCUT2D eigenvalue weighted by molar-refractivity contribution is 7.22. The lowest BCUT2D eigenvalue weighted by Gasteiger charge is -2.29. The lowest BCUT2D eigenvalue weighted by atomic mass is 10.1. The van der Waals surface area contributed by atoms with Gasteiger partial charge in [0.25, 0.3) is 0 Å². The minimum atomic E-state index is -0.536. The molecule has 2 aromatic rings. The number of hydrogen-bond donors (Lipinski definition) is 0. The summed E-state index contributed by atoms with van der Waals surface area (Å²) in [6.45, 7) is 3.71. The van der Waals surface area contributed by atoms with Crippen molar-refractivity contribution in [2.45, 2.75) is 26.2 Å². The van der Waals surface area contributed by atoms with Gasteiger partial charge < -0.3 is 9.64 Å². The summed E-state index contributed by atoms with van der Waals surface area (Å²) in [5, 5.41) is 1.81. The molecule has 23 heavy (non-hydrogen) atoms. The number of rotatable bonds is 3. The fraction of sp³-hybridized carbons (Fsp3) is 0.412. The van der Waals surface area contributed by atoms with Crippen LogP contribution in [0.25, 0.3) is 10.1 Å². The highest BCUT2D eigenvalue weighted by Gasteiger charge is 2.25. The van der Waals surface area contributed by atoms with Gasteiger partial charge in [0.15, 0.2) is 0 Å². The molecule has 0 unspecified atom stereocenters. The van der Waals surface area contributed by atoms with Crippen LogP contribution in [0.4, 0.5) is 5.00 Å². The van der Waals surface area contributed by atoms with Crippen LogP contribution in [0.1, 0.15) is 36.5 Å².